The van der Waals surface area contributed by atoms with Crippen molar-refractivity contribution in [2.45, 2.75) is 0 Å². The van der Waals surface area contributed by atoms with Crippen LogP contribution in [0, 0.1) is 17.5 Å². The largest absolute Gasteiger partial charge is 0.478 e. The second kappa shape index (κ2) is 5.06. The van der Waals surface area contributed by atoms with Crippen molar-refractivity contribution in [3.8, 4) is 0 Å². The molecule has 0 amide bonds. The number of carbonyl (C=O) groups is 1. The van der Waals surface area contributed by atoms with E-state index in [-0.39, 0.29) is 17.2 Å². The van der Waals surface area contributed by atoms with Gasteiger partial charge in [0.1, 0.15) is 0 Å². The first-order valence-electron chi connectivity index (χ1n) is 6.09. The predicted octanol–water partition coefficient (Wildman–Crippen LogP) is 3.42. The molecular weight excluding hydrogens is 299 g/mol. The fraction of sp³-hybridized carbons (Fsp3) is 0. The van der Waals surface area contributed by atoms with Gasteiger partial charge in [0.25, 0.3) is 0 Å². The second-order valence-corrected chi connectivity index (χ2v) is 4.47. The SMILES string of the molecule is O=C(O)c1ccc2nc(Nc3ccc(F)c(F)c3F)[nH]c2c1. The topological polar surface area (TPSA) is 78.0 Å². The summed E-state index contributed by atoms with van der Waals surface area (Å²) in [6.45, 7) is 0. The van der Waals surface area contributed by atoms with Gasteiger partial charge in [0, 0.05) is 0 Å². The normalized spacial score (nSPS) is 10.9. The summed E-state index contributed by atoms with van der Waals surface area (Å²) in [6.07, 6.45) is 0. The van der Waals surface area contributed by atoms with Crippen molar-refractivity contribution >= 4 is 28.6 Å². The van der Waals surface area contributed by atoms with Crippen LogP contribution in [0.5, 0.6) is 0 Å². The quantitative estimate of drug-likeness (QED) is 0.648. The highest BCUT2D eigenvalue weighted by atomic mass is 19.2. The molecule has 3 rings (SSSR count). The van der Waals surface area contributed by atoms with Crippen molar-refractivity contribution in [3.63, 3.8) is 0 Å². The van der Waals surface area contributed by atoms with Crippen LogP contribution < -0.4 is 5.32 Å². The van der Waals surface area contributed by atoms with Gasteiger partial charge in [-0.2, -0.15) is 0 Å². The number of nitrogens with one attached hydrogen (secondary N) is 2. The van der Waals surface area contributed by atoms with E-state index in [0.717, 1.165) is 12.1 Å². The molecule has 3 N–H and O–H groups in total. The fourth-order valence-corrected chi connectivity index (χ4v) is 1.95. The molecule has 3 aromatic rings. The summed E-state index contributed by atoms with van der Waals surface area (Å²) in [7, 11) is 0. The Morgan fingerprint density at radius 3 is 2.64 bits per heavy atom. The minimum Gasteiger partial charge on any atom is -0.478 e. The summed E-state index contributed by atoms with van der Waals surface area (Å²) in [5, 5.41) is 11.4. The lowest BCUT2D eigenvalue weighted by Crippen LogP contribution is -1.99. The van der Waals surface area contributed by atoms with Gasteiger partial charge < -0.3 is 15.4 Å². The average molecular weight is 307 g/mol. The van der Waals surface area contributed by atoms with Crippen molar-refractivity contribution in [1.82, 2.24) is 9.97 Å². The van der Waals surface area contributed by atoms with Gasteiger partial charge >= 0.3 is 5.97 Å². The Kier molecular flexibility index (Phi) is 3.21. The van der Waals surface area contributed by atoms with Gasteiger partial charge in [-0.1, -0.05) is 0 Å². The Labute approximate surface area is 121 Å². The van der Waals surface area contributed by atoms with Gasteiger partial charge in [0.2, 0.25) is 5.95 Å². The van der Waals surface area contributed by atoms with Crippen LogP contribution >= 0.6 is 0 Å². The third-order valence-electron chi connectivity index (χ3n) is 3.02. The maximum absolute atomic E-state index is 13.6. The third-order valence-corrected chi connectivity index (χ3v) is 3.02. The van der Waals surface area contributed by atoms with Crippen LogP contribution in [0.4, 0.5) is 24.8 Å². The Bertz CT molecular complexity index is 892. The number of aromatic nitrogens is 2. The minimum atomic E-state index is -1.59. The molecule has 5 nitrogen and oxygen atoms in total. The number of carboxylic acids is 1. The molecule has 22 heavy (non-hydrogen) atoms. The lowest BCUT2D eigenvalue weighted by molar-refractivity contribution is 0.0697. The smallest absolute Gasteiger partial charge is 0.335 e. The fourth-order valence-electron chi connectivity index (χ4n) is 1.95. The molecule has 0 spiro atoms. The van der Waals surface area contributed by atoms with E-state index in [0.29, 0.717) is 11.0 Å². The zero-order chi connectivity index (χ0) is 15.9. The number of hydrogen-bond donors (Lipinski definition) is 3. The third kappa shape index (κ3) is 2.34. The summed E-state index contributed by atoms with van der Waals surface area (Å²) in [5.74, 6) is -5.28. The highest BCUT2D eigenvalue weighted by Crippen LogP contribution is 2.24. The standard InChI is InChI=1S/C14H8F3N3O2/c15-7-2-4-9(12(17)11(7)16)19-14-18-8-3-1-6(13(21)22)5-10(8)20-14/h1-5H,(H,21,22)(H2,18,19,20). The Morgan fingerprint density at radius 2 is 1.91 bits per heavy atom. The number of nitrogens with zero attached hydrogens (tertiary/aromatic N) is 1. The molecule has 112 valence electrons. The van der Waals surface area contributed by atoms with E-state index in [1.54, 1.807) is 0 Å². The van der Waals surface area contributed by atoms with Crippen LogP contribution in [0.1, 0.15) is 10.4 Å². The summed E-state index contributed by atoms with van der Waals surface area (Å²) in [5.41, 5.74) is 0.610. The van der Waals surface area contributed by atoms with E-state index in [9.17, 15) is 18.0 Å². The van der Waals surface area contributed by atoms with Gasteiger partial charge in [0.15, 0.2) is 17.5 Å². The van der Waals surface area contributed by atoms with E-state index < -0.39 is 23.4 Å². The van der Waals surface area contributed by atoms with Gasteiger partial charge in [-0.3, -0.25) is 0 Å². The van der Waals surface area contributed by atoms with E-state index in [4.69, 9.17) is 5.11 Å². The van der Waals surface area contributed by atoms with Crippen LogP contribution in [0.3, 0.4) is 0 Å². The first kappa shape index (κ1) is 13.9. The number of H-pyrrole nitrogens is 1. The zero-order valence-corrected chi connectivity index (χ0v) is 10.8. The van der Waals surface area contributed by atoms with Gasteiger partial charge in [-0.05, 0) is 30.3 Å². The van der Waals surface area contributed by atoms with Crippen molar-refractivity contribution in [2.24, 2.45) is 0 Å². The summed E-state index contributed by atoms with van der Waals surface area (Å²) < 4.78 is 39.6. The Hall–Kier alpha value is -3.03. The predicted molar refractivity (Wildman–Crippen MR) is 72.7 cm³/mol. The van der Waals surface area contributed by atoms with Crippen LogP contribution in [0.25, 0.3) is 11.0 Å². The van der Waals surface area contributed by atoms with Crippen LogP contribution in [-0.4, -0.2) is 21.0 Å². The molecule has 0 saturated carbocycles. The van der Waals surface area contributed by atoms with E-state index in [1.165, 1.54) is 18.2 Å². The van der Waals surface area contributed by atoms with Crippen molar-refractivity contribution < 1.29 is 23.1 Å². The molecule has 8 heteroatoms. The number of imidazole rings is 1. The molecule has 0 atom stereocenters. The highest BCUT2D eigenvalue weighted by molar-refractivity contribution is 5.92. The number of carboxylic acid groups (broad SMARTS) is 1. The van der Waals surface area contributed by atoms with Gasteiger partial charge in [-0.25, -0.2) is 22.9 Å². The van der Waals surface area contributed by atoms with Gasteiger partial charge in [-0.15, -0.1) is 0 Å². The molecule has 0 aliphatic rings. The minimum absolute atomic E-state index is 0.0571. The molecule has 0 radical (unpaired) electrons. The maximum Gasteiger partial charge on any atom is 0.335 e. The number of halogens is 3. The number of anilines is 2. The van der Waals surface area contributed by atoms with Crippen LogP contribution in [0.2, 0.25) is 0 Å². The summed E-state index contributed by atoms with van der Waals surface area (Å²) in [6, 6.07) is 6.02. The van der Waals surface area contributed by atoms with E-state index in [2.05, 4.69) is 15.3 Å². The summed E-state index contributed by atoms with van der Waals surface area (Å²) >= 11 is 0. The molecule has 0 fully saturated rings. The second-order valence-electron chi connectivity index (χ2n) is 4.47. The monoisotopic (exact) mass is 307 g/mol. The van der Waals surface area contributed by atoms with E-state index in [1.807, 2.05) is 0 Å². The lowest BCUT2D eigenvalue weighted by Gasteiger charge is -2.05. The molecule has 0 bridgehead atoms. The molecule has 2 aromatic carbocycles. The molecule has 0 unspecified atom stereocenters. The number of aromatic carboxylic acids is 1. The van der Waals surface area contributed by atoms with E-state index >= 15 is 0 Å². The van der Waals surface area contributed by atoms with Crippen LogP contribution in [0.15, 0.2) is 30.3 Å². The maximum atomic E-state index is 13.6. The number of aromatic amines is 1. The van der Waals surface area contributed by atoms with Crippen LogP contribution in [-0.2, 0) is 0 Å². The Balaban J connectivity index is 1.98. The number of benzene rings is 2. The molecule has 1 heterocycles. The summed E-state index contributed by atoms with van der Waals surface area (Å²) in [4.78, 5) is 17.7. The Morgan fingerprint density at radius 1 is 1.14 bits per heavy atom. The van der Waals surface area contributed by atoms with Crippen molar-refractivity contribution in [3.05, 3.63) is 53.3 Å². The van der Waals surface area contributed by atoms with Crippen molar-refractivity contribution in [1.29, 1.82) is 0 Å². The zero-order valence-electron chi connectivity index (χ0n) is 10.8. The van der Waals surface area contributed by atoms with Crippen molar-refractivity contribution in [2.75, 3.05) is 5.32 Å². The number of hydrogen-bond acceptors (Lipinski definition) is 3. The molecule has 0 aliphatic carbocycles. The first-order chi connectivity index (χ1) is 10.5. The highest BCUT2D eigenvalue weighted by Gasteiger charge is 2.15. The molecule has 0 aliphatic heterocycles. The average Bonchev–Trinajstić information content (AvgIpc) is 2.89. The lowest BCUT2D eigenvalue weighted by atomic mass is 10.2. The molecule has 1 aromatic heterocycles. The number of rotatable bonds is 3. The molecular formula is C14H8F3N3O2. The first-order valence-corrected chi connectivity index (χ1v) is 6.09. The molecule has 0 saturated heterocycles. The number of fused-ring (bicyclic) bond motifs is 1. The van der Waals surface area contributed by atoms with Gasteiger partial charge in [0.05, 0.1) is 22.3 Å².